The minimum atomic E-state index is -1.16. The van der Waals surface area contributed by atoms with Crippen molar-refractivity contribution in [3.63, 3.8) is 0 Å². The van der Waals surface area contributed by atoms with Gasteiger partial charge < -0.3 is 20.1 Å². The first kappa shape index (κ1) is 18.0. The highest BCUT2D eigenvalue weighted by atomic mass is 16.5. The van der Waals surface area contributed by atoms with Crippen molar-refractivity contribution in [3.8, 4) is 0 Å². The van der Waals surface area contributed by atoms with Crippen LogP contribution in [0.15, 0.2) is 60.7 Å². The van der Waals surface area contributed by atoms with Crippen molar-refractivity contribution >= 4 is 0 Å². The zero-order chi connectivity index (χ0) is 17.6. The Morgan fingerprint density at radius 1 is 0.840 bits per heavy atom. The summed E-state index contributed by atoms with van der Waals surface area (Å²) in [5, 5.41) is 30.5. The summed E-state index contributed by atoms with van der Waals surface area (Å²) < 4.78 is 5.79. The zero-order valence-electron chi connectivity index (χ0n) is 14.1. The van der Waals surface area contributed by atoms with Crippen LogP contribution in [0.2, 0.25) is 0 Å². The van der Waals surface area contributed by atoms with Crippen molar-refractivity contribution in [1.29, 1.82) is 0 Å². The molecule has 4 atom stereocenters. The fourth-order valence-electron chi connectivity index (χ4n) is 3.23. The van der Waals surface area contributed by atoms with E-state index in [4.69, 9.17) is 4.74 Å². The molecule has 0 aromatic heterocycles. The van der Waals surface area contributed by atoms with Gasteiger partial charge in [-0.2, -0.15) is 0 Å². The smallest absolute Gasteiger partial charge is 0.109 e. The largest absolute Gasteiger partial charge is 0.389 e. The number of nitrogens with zero attached hydrogens (tertiary/aromatic N) is 1. The lowest BCUT2D eigenvalue weighted by Crippen LogP contribution is -2.62. The lowest BCUT2D eigenvalue weighted by atomic mass is 9.93. The molecule has 0 saturated carbocycles. The number of likely N-dealkylation sites (tertiary alicyclic amines) is 1. The Morgan fingerprint density at radius 2 is 1.44 bits per heavy atom. The summed E-state index contributed by atoms with van der Waals surface area (Å²) >= 11 is 0. The predicted octanol–water partition coefficient (Wildman–Crippen LogP) is 1.17. The molecule has 0 amide bonds. The molecule has 1 fully saturated rings. The lowest BCUT2D eigenvalue weighted by molar-refractivity contribution is -0.152. The molecule has 3 rings (SSSR count). The van der Waals surface area contributed by atoms with E-state index in [1.807, 2.05) is 65.6 Å². The SMILES string of the molecule is OC1CN(Cc2ccccc2)C(COCc2ccccc2)C(O)C1O. The van der Waals surface area contributed by atoms with E-state index in [0.717, 1.165) is 11.1 Å². The van der Waals surface area contributed by atoms with Crippen molar-refractivity contribution in [3.05, 3.63) is 71.8 Å². The van der Waals surface area contributed by atoms with E-state index in [2.05, 4.69) is 0 Å². The van der Waals surface area contributed by atoms with Crippen molar-refractivity contribution in [1.82, 2.24) is 4.90 Å². The van der Waals surface area contributed by atoms with Gasteiger partial charge >= 0.3 is 0 Å². The topological polar surface area (TPSA) is 73.2 Å². The molecule has 5 heteroatoms. The number of hydrogen-bond acceptors (Lipinski definition) is 5. The lowest BCUT2D eigenvalue weighted by Gasteiger charge is -2.43. The van der Waals surface area contributed by atoms with E-state index in [1.165, 1.54) is 0 Å². The number of ether oxygens (including phenoxy) is 1. The zero-order valence-corrected chi connectivity index (χ0v) is 14.1. The average molecular weight is 343 g/mol. The van der Waals surface area contributed by atoms with Crippen LogP contribution in [0.4, 0.5) is 0 Å². The van der Waals surface area contributed by atoms with Crippen LogP contribution in [0.5, 0.6) is 0 Å². The van der Waals surface area contributed by atoms with E-state index >= 15 is 0 Å². The fourth-order valence-corrected chi connectivity index (χ4v) is 3.23. The van der Waals surface area contributed by atoms with Gasteiger partial charge in [-0.15, -0.1) is 0 Å². The van der Waals surface area contributed by atoms with Gasteiger partial charge in [0, 0.05) is 13.1 Å². The Hall–Kier alpha value is -1.76. The normalized spacial score (nSPS) is 27.3. The summed E-state index contributed by atoms with van der Waals surface area (Å²) in [6, 6.07) is 19.3. The molecule has 0 radical (unpaired) electrons. The number of benzene rings is 2. The van der Waals surface area contributed by atoms with Crippen LogP contribution in [-0.4, -0.2) is 57.7 Å². The number of hydrogen-bond donors (Lipinski definition) is 3. The van der Waals surface area contributed by atoms with Crippen LogP contribution in [0.1, 0.15) is 11.1 Å². The number of piperidine rings is 1. The summed E-state index contributed by atoms with van der Waals surface area (Å²) in [5.41, 5.74) is 2.15. The van der Waals surface area contributed by atoms with Crippen LogP contribution < -0.4 is 0 Å². The minimum Gasteiger partial charge on any atom is -0.389 e. The summed E-state index contributed by atoms with van der Waals surface area (Å²) in [4.78, 5) is 1.97. The molecule has 0 bridgehead atoms. The van der Waals surface area contributed by atoms with E-state index in [0.29, 0.717) is 19.7 Å². The Balaban J connectivity index is 1.65. The second-order valence-electron chi connectivity index (χ2n) is 6.53. The van der Waals surface area contributed by atoms with Gasteiger partial charge in [0.1, 0.15) is 12.2 Å². The third-order valence-corrected chi connectivity index (χ3v) is 4.66. The summed E-state index contributed by atoms with van der Waals surface area (Å²) in [7, 11) is 0. The van der Waals surface area contributed by atoms with Gasteiger partial charge in [0.25, 0.3) is 0 Å². The van der Waals surface area contributed by atoms with Gasteiger partial charge in [-0.1, -0.05) is 60.7 Å². The highest BCUT2D eigenvalue weighted by Gasteiger charge is 2.41. The Labute approximate surface area is 148 Å². The van der Waals surface area contributed by atoms with E-state index in [-0.39, 0.29) is 12.6 Å². The van der Waals surface area contributed by atoms with Gasteiger partial charge in [-0.25, -0.2) is 0 Å². The number of aliphatic hydroxyl groups is 3. The van der Waals surface area contributed by atoms with Crippen molar-refractivity contribution < 1.29 is 20.1 Å². The minimum absolute atomic E-state index is 0.284. The number of aliphatic hydroxyl groups excluding tert-OH is 3. The van der Waals surface area contributed by atoms with Crippen molar-refractivity contribution in [2.75, 3.05) is 13.2 Å². The molecule has 4 unspecified atom stereocenters. The van der Waals surface area contributed by atoms with Crippen molar-refractivity contribution in [2.45, 2.75) is 37.5 Å². The molecule has 1 aliphatic heterocycles. The molecule has 1 aliphatic rings. The summed E-state index contributed by atoms with van der Waals surface area (Å²) in [6.07, 6.45) is -3.18. The quantitative estimate of drug-likeness (QED) is 0.734. The van der Waals surface area contributed by atoms with E-state index in [1.54, 1.807) is 0 Å². The average Bonchev–Trinajstić information content (AvgIpc) is 2.64. The Morgan fingerprint density at radius 3 is 2.08 bits per heavy atom. The van der Waals surface area contributed by atoms with Gasteiger partial charge in [0.2, 0.25) is 0 Å². The first-order chi connectivity index (χ1) is 12.1. The monoisotopic (exact) mass is 343 g/mol. The summed E-state index contributed by atoms with van der Waals surface area (Å²) in [5.74, 6) is 0. The van der Waals surface area contributed by atoms with Gasteiger partial charge in [-0.05, 0) is 11.1 Å². The van der Waals surface area contributed by atoms with E-state index < -0.39 is 18.3 Å². The van der Waals surface area contributed by atoms with Gasteiger partial charge in [0.05, 0.1) is 25.4 Å². The molecule has 25 heavy (non-hydrogen) atoms. The molecule has 2 aromatic carbocycles. The molecular formula is C20H25NO4. The standard InChI is InChI=1S/C20H25NO4/c22-18-12-21(11-15-7-3-1-4-8-15)17(19(23)20(18)24)14-25-13-16-9-5-2-6-10-16/h1-10,17-20,22-24H,11-14H2. The molecular weight excluding hydrogens is 318 g/mol. The number of rotatable bonds is 6. The van der Waals surface area contributed by atoms with Crippen LogP contribution >= 0.6 is 0 Å². The molecule has 3 N–H and O–H groups in total. The molecule has 2 aromatic rings. The Bertz CT molecular complexity index is 637. The van der Waals surface area contributed by atoms with E-state index in [9.17, 15) is 15.3 Å². The molecule has 134 valence electrons. The maximum absolute atomic E-state index is 10.4. The predicted molar refractivity (Wildman–Crippen MR) is 94.8 cm³/mol. The maximum Gasteiger partial charge on any atom is 0.109 e. The third-order valence-electron chi connectivity index (χ3n) is 4.66. The first-order valence-electron chi connectivity index (χ1n) is 8.59. The molecule has 0 spiro atoms. The molecule has 1 heterocycles. The van der Waals surface area contributed by atoms with Crippen LogP contribution in [-0.2, 0) is 17.9 Å². The highest BCUT2D eigenvalue weighted by Crippen LogP contribution is 2.22. The third kappa shape index (κ3) is 4.66. The fraction of sp³-hybridized carbons (Fsp3) is 0.400. The first-order valence-corrected chi connectivity index (χ1v) is 8.59. The van der Waals surface area contributed by atoms with Gasteiger partial charge in [0.15, 0.2) is 0 Å². The Kier molecular flexibility index (Phi) is 6.18. The molecule has 5 nitrogen and oxygen atoms in total. The second-order valence-corrected chi connectivity index (χ2v) is 6.53. The van der Waals surface area contributed by atoms with Gasteiger partial charge in [-0.3, -0.25) is 4.90 Å². The van der Waals surface area contributed by atoms with Crippen LogP contribution in [0.3, 0.4) is 0 Å². The highest BCUT2D eigenvalue weighted by molar-refractivity contribution is 5.15. The molecule has 0 aliphatic carbocycles. The van der Waals surface area contributed by atoms with Crippen LogP contribution in [0, 0.1) is 0 Å². The molecule has 1 saturated heterocycles. The van der Waals surface area contributed by atoms with Crippen molar-refractivity contribution in [2.24, 2.45) is 0 Å². The maximum atomic E-state index is 10.4. The van der Waals surface area contributed by atoms with Crippen LogP contribution in [0.25, 0.3) is 0 Å². The summed E-state index contributed by atoms with van der Waals surface area (Å²) in [6.45, 7) is 1.61. The number of β-amino-alcohol motifs (C(OH)–C–C–N with tert-alkyl or cyclic N) is 1. The second kappa shape index (κ2) is 8.56.